The van der Waals surface area contributed by atoms with E-state index in [1.165, 1.54) is 49.6 Å². The maximum Gasteiger partial charge on any atom is 0.339 e. The van der Waals surface area contributed by atoms with E-state index in [1.54, 1.807) is 12.1 Å². The molecular formula is C21H19N5O6S. The van der Waals surface area contributed by atoms with Crippen molar-refractivity contribution in [3.8, 4) is 5.75 Å². The van der Waals surface area contributed by atoms with E-state index in [-0.39, 0.29) is 28.4 Å². The number of rotatable bonds is 8. The summed E-state index contributed by atoms with van der Waals surface area (Å²) in [6, 6.07) is 12.8. The first kappa shape index (κ1) is 23.3. The van der Waals surface area contributed by atoms with Gasteiger partial charge in [0.2, 0.25) is 5.91 Å². The molecule has 170 valence electrons. The van der Waals surface area contributed by atoms with Gasteiger partial charge in [-0.15, -0.1) is 0 Å². The number of phenols is 1. The number of hydrogen-bond acceptors (Lipinski definition) is 8. The summed E-state index contributed by atoms with van der Waals surface area (Å²) >= 11 is 0. The SMILES string of the molecule is CNC(=O)Cc1cc(N=Nc2ccc(S(=O)(=O)Nc3ccccn3)cc2)cc(C(=O)O)c1O. The summed E-state index contributed by atoms with van der Waals surface area (Å²) in [4.78, 5) is 27.0. The molecule has 0 saturated heterocycles. The van der Waals surface area contributed by atoms with Gasteiger partial charge in [0.15, 0.2) is 0 Å². The summed E-state index contributed by atoms with van der Waals surface area (Å²) in [6.45, 7) is 0. The third-order valence-corrected chi connectivity index (χ3v) is 5.74. The Hall–Kier alpha value is -4.32. The van der Waals surface area contributed by atoms with E-state index in [4.69, 9.17) is 0 Å². The number of benzene rings is 2. The number of carbonyl (C=O) groups excluding carboxylic acids is 1. The van der Waals surface area contributed by atoms with Crippen LogP contribution < -0.4 is 10.0 Å². The molecule has 3 rings (SSSR count). The van der Waals surface area contributed by atoms with Gasteiger partial charge in [0.05, 0.1) is 22.7 Å². The van der Waals surface area contributed by atoms with Gasteiger partial charge in [-0.25, -0.2) is 18.2 Å². The monoisotopic (exact) mass is 469 g/mol. The number of aromatic nitrogens is 1. The van der Waals surface area contributed by atoms with Crippen LogP contribution in [0.15, 0.2) is 75.9 Å². The third-order valence-electron chi connectivity index (χ3n) is 4.37. The molecule has 0 aliphatic rings. The van der Waals surface area contributed by atoms with Crippen molar-refractivity contribution in [2.45, 2.75) is 11.3 Å². The normalized spacial score (nSPS) is 11.3. The van der Waals surface area contributed by atoms with E-state index in [0.717, 1.165) is 6.07 Å². The molecule has 0 aliphatic heterocycles. The molecule has 2 aromatic carbocycles. The number of aromatic carboxylic acids is 1. The fourth-order valence-corrected chi connectivity index (χ4v) is 3.73. The Bertz CT molecular complexity index is 1310. The van der Waals surface area contributed by atoms with Crippen LogP contribution in [-0.2, 0) is 21.2 Å². The first-order chi connectivity index (χ1) is 15.7. The van der Waals surface area contributed by atoms with Crippen LogP contribution in [-0.4, -0.2) is 42.5 Å². The smallest absolute Gasteiger partial charge is 0.339 e. The topological polar surface area (TPSA) is 170 Å². The molecule has 0 spiro atoms. The minimum Gasteiger partial charge on any atom is -0.507 e. The second-order valence-electron chi connectivity index (χ2n) is 6.67. The standard InChI is InChI=1S/C21H19N5O6S/c1-22-19(27)11-13-10-15(12-17(20(13)28)21(29)30)25-24-14-5-7-16(8-6-14)33(31,32)26-18-4-2-3-9-23-18/h2-10,12,28H,11H2,1H3,(H,22,27)(H,23,26)(H,29,30). The van der Waals surface area contributed by atoms with Crippen LogP contribution in [0, 0.1) is 0 Å². The molecular weight excluding hydrogens is 450 g/mol. The molecule has 0 saturated carbocycles. The summed E-state index contributed by atoms with van der Waals surface area (Å²) in [6.07, 6.45) is 1.21. The predicted molar refractivity (Wildman–Crippen MR) is 119 cm³/mol. The van der Waals surface area contributed by atoms with Crippen LogP contribution in [0.3, 0.4) is 0 Å². The summed E-state index contributed by atoms with van der Waals surface area (Å²) < 4.78 is 27.3. The molecule has 1 aromatic heterocycles. The number of azo groups is 1. The molecule has 4 N–H and O–H groups in total. The second-order valence-corrected chi connectivity index (χ2v) is 8.35. The number of aromatic hydroxyl groups is 1. The fourth-order valence-electron chi connectivity index (χ4n) is 2.72. The predicted octanol–water partition coefficient (Wildman–Crippen LogP) is 2.99. The molecule has 11 nitrogen and oxygen atoms in total. The van der Waals surface area contributed by atoms with Crippen molar-refractivity contribution in [1.82, 2.24) is 10.3 Å². The van der Waals surface area contributed by atoms with Crippen LogP contribution in [0.25, 0.3) is 0 Å². The number of hydrogen-bond donors (Lipinski definition) is 4. The highest BCUT2D eigenvalue weighted by atomic mass is 32.2. The van der Waals surface area contributed by atoms with Crippen molar-refractivity contribution >= 4 is 39.1 Å². The zero-order valence-corrected chi connectivity index (χ0v) is 18.1. The summed E-state index contributed by atoms with van der Waals surface area (Å²) in [5.74, 6) is -2.17. The number of anilines is 1. The van der Waals surface area contributed by atoms with Gasteiger partial charge in [-0.05, 0) is 48.5 Å². The summed E-state index contributed by atoms with van der Waals surface area (Å²) in [5, 5.41) is 29.8. The van der Waals surface area contributed by atoms with Gasteiger partial charge >= 0.3 is 5.97 Å². The van der Waals surface area contributed by atoms with E-state index >= 15 is 0 Å². The van der Waals surface area contributed by atoms with E-state index in [0.29, 0.717) is 5.69 Å². The molecule has 0 aliphatic carbocycles. The van der Waals surface area contributed by atoms with Crippen molar-refractivity contribution in [3.63, 3.8) is 0 Å². The molecule has 0 radical (unpaired) electrons. The molecule has 1 heterocycles. The molecule has 33 heavy (non-hydrogen) atoms. The number of carboxylic acid groups (broad SMARTS) is 1. The van der Waals surface area contributed by atoms with Crippen molar-refractivity contribution in [1.29, 1.82) is 0 Å². The van der Waals surface area contributed by atoms with Crippen molar-refractivity contribution < 1.29 is 28.2 Å². The number of likely N-dealkylation sites (N-methyl/N-ethyl adjacent to an activating group) is 1. The summed E-state index contributed by atoms with van der Waals surface area (Å²) in [7, 11) is -2.44. The maximum absolute atomic E-state index is 12.5. The fraction of sp³-hybridized carbons (Fsp3) is 0.0952. The average Bonchev–Trinajstić information content (AvgIpc) is 2.79. The highest BCUT2D eigenvalue weighted by molar-refractivity contribution is 7.92. The number of nitrogens with zero attached hydrogens (tertiary/aromatic N) is 3. The number of pyridine rings is 1. The van der Waals surface area contributed by atoms with Gasteiger partial charge < -0.3 is 15.5 Å². The van der Waals surface area contributed by atoms with Crippen molar-refractivity contribution in [2.24, 2.45) is 10.2 Å². The largest absolute Gasteiger partial charge is 0.507 e. The van der Waals surface area contributed by atoms with Crippen molar-refractivity contribution in [2.75, 3.05) is 11.8 Å². The Morgan fingerprint density at radius 2 is 1.73 bits per heavy atom. The zero-order chi connectivity index (χ0) is 24.0. The number of carbonyl (C=O) groups is 2. The van der Waals surface area contributed by atoms with Gasteiger partial charge in [-0.1, -0.05) is 6.07 Å². The first-order valence-corrected chi connectivity index (χ1v) is 10.9. The number of carboxylic acids is 1. The highest BCUT2D eigenvalue weighted by Crippen LogP contribution is 2.30. The highest BCUT2D eigenvalue weighted by Gasteiger charge is 2.18. The Labute approximate surface area is 188 Å². The quantitative estimate of drug-likeness (QED) is 0.367. The Balaban J connectivity index is 1.83. The average molecular weight is 469 g/mol. The van der Waals surface area contributed by atoms with Crippen LogP contribution >= 0.6 is 0 Å². The van der Waals surface area contributed by atoms with E-state index < -0.39 is 33.2 Å². The lowest BCUT2D eigenvalue weighted by Gasteiger charge is -2.08. The second kappa shape index (κ2) is 9.87. The molecule has 3 aromatic rings. The van der Waals surface area contributed by atoms with Gasteiger partial charge in [0, 0.05) is 18.8 Å². The van der Waals surface area contributed by atoms with Crippen LogP contribution in [0.5, 0.6) is 5.75 Å². The lowest BCUT2D eigenvalue weighted by Crippen LogP contribution is -2.20. The first-order valence-electron chi connectivity index (χ1n) is 9.45. The van der Waals surface area contributed by atoms with E-state index in [9.17, 15) is 28.2 Å². The van der Waals surface area contributed by atoms with Crippen LogP contribution in [0.2, 0.25) is 0 Å². The molecule has 0 atom stereocenters. The minimum absolute atomic E-state index is 0.0160. The Kier molecular flexibility index (Phi) is 6.98. The van der Waals surface area contributed by atoms with Gasteiger partial charge in [0.25, 0.3) is 10.0 Å². The lowest BCUT2D eigenvalue weighted by molar-refractivity contribution is -0.120. The van der Waals surface area contributed by atoms with E-state index in [2.05, 4.69) is 25.3 Å². The molecule has 0 fully saturated rings. The van der Waals surface area contributed by atoms with Gasteiger partial charge in [0.1, 0.15) is 17.1 Å². The Morgan fingerprint density at radius 3 is 2.33 bits per heavy atom. The number of nitrogens with one attached hydrogen (secondary N) is 2. The van der Waals surface area contributed by atoms with Gasteiger partial charge in [-0.3, -0.25) is 9.52 Å². The van der Waals surface area contributed by atoms with E-state index in [1.807, 2.05) is 0 Å². The molecule has 1 amide bonds. The van der Waals surface area contributed by atoms with Crippen molar-refractivity contribution in [3.05, 3.63) is 71.9 Å². The maximum atomic E-state index is 12.5. The lowest BCUT2D eigenvalue weighted by atomic mass is 10.0. The molecule has 0 unspecified atom stereocenters. The third kappa shape index (κ3) is 5.89. The number of sulfonamides is 1. The van der Waals surface area contributed by atoms with Crippen LogP contribution in [0.4, 0.5) is 17.2 Å². The summed E-state index contributed by atoms with van der Waals surface area (Å²) in [5.41, 5.74) is 0.0415. The molecule has 0 bridgehead atoms. The number of amides is 1. The van der Waals surface area contributed by atoms with Crippen LogP contribution in [0.1, 0.15) is 15.9 Å². The molecule has 12 heteroatoms. The zero-order valence-electron chi connectivity index (χ0n) is 17.3. The van der Waals surface area contributed by atoms with Gasteiger partial charge in [-0.2, -0.15) is 10.2 Å². The minimum atomic E-state index is -3.85. The Morgan fingerprint density at radius 1 is 1.03 bits per heavy atom.